The molecule has 1 aromatic carbocycles. The second kappa shape index (κ2) is 8.17. The topological polar surface area (TPSA) is 67.3 Å². The van der Waals surface area contributed by atoms with Gasteiger partial charge in [0, 0.05) is 30.8 Å². The molecule has 1 saturated heterocycles. The molecule has 0 aliphatic carbocycles. The monoisotopic (exact) mass is 354 g/mol. The number of aromatic nitrogens is 2. The average molecular weight is 354 g/mol. The Morgan fingerprint density at radius 1 is 1.27 bits per heavy atom. The van der Waals surface area contributed by atoms with Gasteiger partial charge >= 0.3 is 0 Å². The normalized spacial score (nSPS) is 17.2. The quantitative estimate of drug-likeness (QED) is 0.894. The van der Waals surface area contributed by atoms with E-state index >= 15 is 0 Å². The summed E-state index contributed by atoms with van der Waals surface area (Å²) in [7, 11) is 1.65. The molecule has 1 unspecified atom stereocenters. The van der Waals surface area contributed by atoms with E-state index in [0.717, 1.165) is 42.2 Å². The number of hydrogen-bond donors (Lipinski definition) is 1. The van der Waals surface area contributed by atoms with E-state index < -0.39 is 0 Å². The number of hydrogen-bond acceptors (Lipinski definition) is 5. The Balaban J connectivity index is 1.75. The highest BCUT2D eigenvalue weighted by Gasteiger charge is 2.27. The van der Waals surface area contributed by atoms with Gasteiger partial charge in [0.15, 0.2) is 0 Å². The number of nitrogens with one attached hydrogen (secondary N) is 1. The smallest absolute Gasteiger partial charge is 0.225 e. The molecule has 26 heavy (non-hydrogen) atoms. The van der Waals surface area contributed by atoms with E-state index in [4.69, 9.17) is 4.74 Å². The van der Waals surface area contributed by atoms with Crippen LogP contribution in [0.2, 0.25) is 0 Å². The van der Waals surface area contributed by atoms with E-state index in [9.17, 15) is 4.79 Å². The second-order valence-electron chi connectivity index (χ2n) is 6.94. The van der Waals surface area contributed by atoms with Crippen molar-refractivity contribution in [3.63, 3.8) is 0 Å². The molecular weight excluding hydrogens is 328 g/mol. The molecule has 1 atom stereocenters. The minimum absolute atomic E-state index is 0.00514. The summed E-state index contributed by atoms with van der Waals surface area (Å²) in [6.07, 6.45) is 3.50. The van der Waals surface area contributed by atoms with Crippen LogP contribution in [-0.4, -0.2) is 42.1 Å². The van der Waals surface area contributed by atoms with Crippen molar-refractivity contribution in [1.82, 2.24) is 15.3 Å². The summed E-state index contributed by atoms with van der Waals surface area (Å²) >= 11 is 0. The van der Waals surface area contributed by atoms with Crippen LogP contribution in [0, 0.1) is 5.92 Å². The molecule has 1 fully saturated rings. The van der Waals surface area contributed by atoms with Crippen LogP contribution in [0.1, 0.15) is 26.7 Å². The summed E-state index contributed by atoms with van der Waals surface area (Å²) in [5.41, 5.74) is 1.88. The Hall–Kier alpha value is -2.63. The van der Waals surface area contributed by atoms with E-state index in [0.29, 0.717) is 6.54 Å². The van der Waals surface area contributed by atoms with E-state index in [1.54, 1.807) is 13.4 Å². The molecule has 0 saturated carbocycles. The van der Waals surface area contributed by atoms with Crippen molar-refractivity contribution in [1.29, 1.82) is 0 Å². The van der Waals surface area contributed by atoms with Crippen LogP contribution in [0.3, 0.4) is 0 Å². The number of amides is 1. The van der Waals surface area contributed by atoms with Crippen molar-refractivity contribution in [3.8, 4) is 17.0 Å². The van der Waals surface area contributed by atoms with Crippen molar-refractivity contribution < 1.29 is 9.53 Å². The van der Waals surface area contributed by atoms with Gasteiger partial charge in [-0.15, -0.1) is 0 Å². The van der Waals surface area contributed by atoms with E-state index in [1.807, 2.05) is 44.2 Å². The summed E-state index contributed by atoms with van der Waals surface area (Å²) in [5.74, 6) is 1.82. The molecule has 2 aromatic rings. The zero-order valence-electron chi connectivity index (χ0n) is 15.6. The zero-order valence-corrected chi connectivity index (χ0v) is 15.6. The first-order valence-electron chi connectivity index (χ1n) is 9.08. The molecule has 6 heteroatoms. The molecule has 1 aromatic heterocycles. The van der Waals surface area contributed by atoms with Crippen molar-refractivity contribution in [2.45, 2.75) is 32.7 Å². The molecule has 1 N–H and O–H groups in total. The van der Waals surface area contributed by atoms with Gasteiger partial charge in [0.1, 0.15) is 17.9 Å². The Bertz CT molecular complexity index is 746. The van der Waals surface area contributed by atoms with E-state index in [1.165, 1.54) is 0 Å². The molecule has 3 rings (SSSR count). The van der Waals surface area contributed by atoms with E-state index in [2.05, 4.69) is 20.2 Å². The molecular formula is C20H26N4O2. The first-order chi connectivity index (χ1) is 12.6. The molecule has 1 aliphatic rings. The molecule has 0 spiro atoms. The van der Waals surface area contributed by atoms with Crippen molar-refractivity contribution in [2.75, 3.05) is 25.1 Å². The summed E-state index contributed by atoms with van der Waals surface area (Å²) in [4.78, 5) is 23.4. The van der Waals surface area contributed by atoms with Gasteiger partial charge in [-0.3, -0.25) is 4.79 Å². The fourth-order valence-corrected chi connectivity index (χ4v) is 3.24. The third kappa shape index (κ3) is 4.31. The van der Waals surface area contributed by atoms with Crippen LogP contribution in [0.25, 0.3) is 11.3 Å². The highest BCUT2D eigenvalue weighted by molar-refractivity contribution is 5.79. The predicted molar refractivity (Wildman–Crippen MR) is 102 cm³/mol. The number of rotatable bonds is 5. The van der Waals surface area contributed by atoms with Gasteiger partial charge in [0.2, 0.25) is 5.91 Å². The van der Waals surface area contributed by atoms with Crippen LogP contribution in [0.4, 0.5) is 5.82 Å². The number of carbonyl (C=O) groups is 1. The number of nitrogens with zero attached hydrogens (tertiary/aromatic N) is 3. The van der Waals surface area contributed by atoms with Gasteiger partial charge < -0.3 is 15.0 Å². The molecule has 1 amide bonds. The van der Waals surface area contributed by atoms with Gasteiger partial charge in [-0.25, -0.2) is 9.97 Å². The number of piperidine rings is 1. The zero-order chi connectivity index (χ0) is 18.5. The highest BCUT2D eigenvalue weighted by Crippen LogP contribution is 2.26. The minimum atomic E-state index is 0.00514. The third-order valence-electron chi connectivity index (χ3n) is 4.59. The first kappa shape index (κ1) is 18.2. The van der Waals surface area contributed by atoms with Gasteiger partial charge in [0.25, 0.3) is 0 Å². The van der Waals surface area contributed by atoms with Crippen LogP contribution in [0.5, 0.6) is 5.75 Å². The SMILES string of the molecule is COc1ccc(-c2cc(N3CCCC(C(=O)NC(C)C)C3)ncn2)cc1. The van der Waals surface area contributed by atoms with Gasteiger partial charge in [-0.1, -0.05) is 0 Å². The van der Waals surface area contributed by atoms with Crippen molar-refractivity contribution in [2.24, 2.45) is 5.92 Å². The maximum Gasteiger partial charge on any atom is 0.225 e. The number of benzene rings is 1. The predicted octanol–water partition coefficient (Wildman–Crippen LogP) is 2.89. The second-order valence-corrected chi connectivity index (χ2v) is 6.94. The minimum Gasteiger partial charge on any atom is -0.497 e. The lowest BCUT2D eigenvalue weighted by atomic mass is 9.96. The van der Waals surface area contributed by atoms with Crippen molar-refractivity contribution >= 4 is 11.7 Å². The molecule has 0 bridgehead atoms. The first-order valence-corrected chi connectivity index (χ1v) is 9.08. The molecule has 6 nitrogen and oxygen atoms in total. The summed E-state index contributed by atoms with van der Waals surface area (Å²) in [6, 6.07) is 9.97. The number of ether oxygens (including phenoxy) is 1. The van der Waals surface area contributed by atoms with Crippen LogP contribution >= 0.6 is 0 Å². The summed E-state index contributed by atoms with van der Waals surface area (Å²) in [6.45, 7) is 5.58. The number of methoxy groups -OCH3 is 1. The van der Waals surface area contributed by atoms with Crippen LogP contribution < -0.4 is 15.0 Å². The molecule has 0 radical (unpaired) electrons. The standard InChI is InChI=1S/C20H26N4O2/c1-14(2)23-20(25)16-5-4-10-24(12-16)19-11-18(21-13-22-19)15-6-8-17(26-3)9-7-15/h6-9,11,13-14,16H,4-5,10,12H2,1-3H3,(H,23,25). The molecule has 2 heterocycles. The van der Waals surface area contributed by atoms with Crippen LogP contribution in [-0.2, 0) is 4.79 Å². The van der Waals surface area contributed by atoms with Gasteiger partial charge in [-0.2, -0.15) is 0 Å². The number of anilines is 1. The summed E-state index contributed by atoms with van der Waals surface area (Å²) in [5, 5.41) is 3.02. The highest BCUT2D eigenvalue weighted by atomic mass is 16.5. The summed E-state index contributed by atoms with van der Waals surface area (Å²) < 4.78 is 5.21. The largest absolute Gasteiger partial charge is 0.497 e. The van der Waals surface area contributed by atoms with Gasteiger partial charge in [-0.05, 0) is 51.0 Å². The maximum atomic E-state index is 12.4. The lowest BCUT2D eigenvalue weighted by molar-refractivity contribution is -0.125. The third-order valence-corrected chi connectivity index (χ3v) is 4.59. The Morgan fingerprint density at radius 3 is 2.73 bits per heavy atom. The number of carbonyl (C=O) groups excluding carboxylic acids is 1. The van der Waals surface area contributed by atoms with Gasteiger partial charge in [0.05, 0.1) is 18.7 Å². The van der Waals surface area contributed by atoms with E-state index in [-0.39, 0.29) is 17.9 Å². The molecule has 1 aliphatic heterocycles. The Morgan fingerprint density at radius 2 is 2.04 bits per heavy atom. The maximum absolute atomic E-state index is 12.4. The Kier molecular flexibility index (Phi) is 5.71. The lowest BCUT2D eigenvalue weighted by Gasteiger charge is -2.33. The van der Waals surface area contributed by atoms with Crippen molar-refractivity contribution in [3.05, 3.63) is 36.7 Å². The average Bonchev–Trinajstić information content (AvgIpc) is 2.68. The lowest BCUT2D eigenvalue weighted by Crippen LogP contribution is -2.45. The fourth-order valence-electron chi connectivity index (χ4n) is 3.24. The molecule has 138 valence electrons. The van der Waals surface area contributed by atoms with Crippen LogP contribution in [0.15, 0.2) is 36.7 Å². The Labute approximate surface area is 154 Å². The fraction of sp³-hybridized carbons (Fsp3) is 0.450.